The van der Waals surface area contributed by atoms with Gasteiger partial charge in [-0.05, 0) is 32.0 Å². The third kappa shape index (κ3) is 2.77. The molecule has 0 atom stereocenters. The number of anilines is 1. The number of rotatable bonds is 1. The maximum Gasteiger partial charge on any atom is 0.256 e. The highest BCUT2D eigenvalue weighted by Crippen LogP contribution is 2.30. The van der Waals surface area contributed by atoms with Crippen molar-refractivity contribution in [3.8, 4) is 0 Å². The van der Waals surface area contributed by atoms with Crippen molar-refractivity contribution in [2.75, 3.05) is 24.6 Å². The smallest absolute Gasteiger partial charge is 0.256 e. The molecule has 1 aromatic rings. The Morgan fingerprint density at radius 3 is 2.89 bits per heavy atom. The Labute approximate surface area is 111 Å². The van der Waals surface area contributed by atoms with Crippen molar-refractivity contribution < 1.29 is 9.18 Å². The summed E-state index contributed by atoms with van der Waals surface area (Å²) in [7, 11) is 0. The number of hydrogen-bond donors (Lipinski definition) is 1. The topological polar surface area (TPSA) is 46.3 Å². The first-order chi connectivity index (χ1) is 8.39. The summed E-state index contributed by atoms with van der Waals surface area (Å²) >= 11 is 1.84. The molecule has 1 amide bonds. The summed E-state index contributed by atoms with van der Waals surface area (Å²) in [6.07, 6.45) is 0. The molecule has 0 saturated carbocycles. The van der Waals surface area contributed by atoms with Gasteiger partial charge in [0, 0.05) is 29.3 Å². The Morgan fingerprint density at radius 1 is 1.50 bits per heavy atom. The van der Waals surface area contributed by atoms with Gasteiger partial charge in [-0.15, -0.1) is 0 Å². The molecule has 1 aromatic carbocycles. The number of carbonyl (C=O) groups is 1. The molecule has 3 nitrogen and oxygen atoms in total. The van der Waals surface area contributed by atoms with Crippen molar-refractivity contribution in [3.63, 3.8) is 0 Å². The van der Waals surface area contributed by atoms with Crippen LogP contribution in [0.25, 0.3) is 0 Å². The number of nitrogens with zero attached hydrogens (tertiary/aromatic N) is 1. The minimum absolute atomic E-state index is 0.0377. The van der Waals surface area contributed by atoms with E-state index in [1.807, 2.05) is 11.8 Å². The summed E-state index contributed by atoms with van der Waals surface area (Å²) in [5, 5.41) is 0. The lowest BCUT2D eigenvalue weighted by Gasteiger charge is -2.37. The van der Waals surface area contributed by atoms with E-state index >= 15 is 0 Å². The average Bonchev–Trinajstić information content (AvgIpc) is 2.30. The highest BCUT2D eigenvalue weighted by molar-refractivity contribution is 8.00. The molecule has 2 rings (SSSR count). The molecule has 1 aliphatic rings. The zero-order valence-corrected chi connectivity index (χ0v) is 11.4. The summed E-state index contributed by atoms with van der Waals surface area (Å²) in [6.45, 7) is 5.55. The number of amides is 1. The van der Waals surface area contributed by atoms with Gasteiger partial charge in [0.1, 0.15) is 5.82 Å². The first kappa shape index (κ1) is 13.2. The van der Waals surface area contributed by atoms with Gasteiger partial charge in [0.05, 0.1) is 5.56 Å². The SMILES string of the molecule is CC1(C)CN(C(=O)c2cc(F)ccc2N)CCS1. The molecule has 5 heteroatoms. The molecule has 1 heterocycles. The van der Waals surface area contributed by atoms with Gasteiger partial charge < -0.3 is 10.6 Å². The van der Waals surface area contributed by atoms with E-state index in [1.165, 1.54) is 18.2 Å². The summed E-state index contributed by atoms with van der Waals surface area (Å²) < 4.78 is 13.2. The second-order valence-electron chi connectivity index (χ2n) is 5.07. The number of benzene rings is 1. The monoisotopic (exact) mass is 268 g/mol. The quantitative estimate of drug-likeness (QED) is 0.795. The zero-order valence-electron chi connectivity index (χ0n) is 10.6. The van der Waals surface area contributed by atoms with Gasteiger partial charge >= 0.3 is 0 Å². The van der Waals surface area contributed by atoms with Crippen LogP contribution in [0.4, 0.5) is 10.1 Å². The number of halogens is 1. The van der Waals surface area contributed by atoms with Crippen LogP contribution in [0.15, 0.2) is 18.2 Å². The number of thioether (sulfide) groups is 1. The summed E-state index contributed by atoms with van der Waals surface area (Å²) in [5.74, 6) is 0.284. The second-order valence-corrected chi connectivity index (χ2v) is 6.87. The normalized spacial score (nSPS) is 18.7. The lowest BCUT2D eigenvalue weighted by atomic mass is 10.1. The van der Waals surface area contributed by atoms with Crippen molar-refractivity contribution in [2.45, 2.75) is 18.6 Å². The third-order valence-corrected chi connectivity index (χ3v) is 4.26. The fourth-order valence-corrected chi connectivity index (χ4v) is 3.19. The zero-order chi connectivity index (χ0) is 13.3. The number of nitrogen functional groups attached to an aromatic ring is 1. The maximum absolute atomic E-state index is 13.2. The van der Waals surface area contributed by atoms with Gasteiger partial charge in [-0.1, -0.05) is 0 Å². The second kappa shape index (κ2) is 4.80. The number of carbonyl (C=O) groups excluding carboxylic acids is 1. The first-order valence-corrected chi connectivity index (χ1v) is 6.86. The predicted molar refractivity (Wildman–Crippen MR) is 73.3 cm³/mol. The molecule has 0 radical (unpaired) electrons. The molecular formula is C13H17FN2OS. The lowest BCUT2D eigenvalue weighted by Crippen LogP contribution is -2.46. The van der Waals surface area contributed by atoms with Crippen molar-refractivity contribution in [1.29, 1.82) is 0 Å². The number of hydrogen-bond acceptors (Lipinski definition) is 3. The van der Waals surface area contributed by atoms with Crippen molar-refractivity contribution in [1.82, 2.24) is 4.90 Å². The first-order valence-electron chi connectivity index (χ1n) is 5.87. The van der Waals surface area contributed by atoms with Crippen LogP contribution in [-0.4, -0.2) is 34.4 Å². The van der Waals surface area contributed by atoms with Crippen LogP contribution in [0.3, 0.4) is 0 Å². The van der Waals surface area contributed by atoms with E-state index in [-0.39, 0.29) is 16.2 Å². The molecule has 1 aliphatic heterocycles. The van der Waals surface area contributed by atoms with E-state index in [0.29, 0.717) is 18.8 Å². The molecule has 0 bridgehead atoms. The Bertz CT molecular complexity index is 476. The van der Waals surface area contributed by atoms with E-state index in [2.05, 4.69) is 13.8 Å². The molecule has 2 N–H and O–H groups in total. The van der Waals surface area contributed by atoms with Crippen molar-refractivity contribution >= 4 is 23.4 Å². The van der Waals surface area contributed by atoms with Crippen LogP contribution in [0.5, 0.6) is 0 Å². The summed E-state index contributed by atoms with van der Waals surface area (Å²) in [6, 6.07) is 3.92. The molecular weight excluding hydrogens is 251 g/mol. The molecule has 0 aromatic heterocycles. The van der Waals surface area contributed by atoms with Crippen LogP contribution in [0.2, 0.25) is 0 Å². The molecule has 1 fully saturated rings. The molecule has 1 saturated heterocycles. The minimum Gasteiger partial charge on any atom is -0.398 e. The highest BCUT2D eigenvalue weighted by atomic mass is 32.2. The van der Waals surface area contributed by atoms with Gasteiger partial charge in [0.2, 0.25) is 0 Å². The van der Waals surface area contributed by atoms with Gasteiger partial charge in [-0.3, -0.25) is 4.79 Å². The highest BCUT2D eigenvalue weighted by Gasteiger charge is 2.30. The predicted octanol–water partition coefficient (Wildman–Crippen LogP) is 2.38. The average molecular weight is 268 g/mol. The molecule has 0 unspecified atom stereocenters. The van der Waals surface area contributed by atoms with Gasteiger partial charge in [0.15, 0.2) is 0 Å². The van der Waals surface area contributed by atoms with Gasteiger partial charge in [0.25, 0.3) is 5.91 Å². The van der Waals surface area contributed by atoms with Crippen molar-refractivity contribution in [3.05, 3.63) is 29.6 Å². The van der Waals surface area contributed by atoms with Gasteiger partial charge in [-0.2, -0.15) is 11.8 Å². The van der Waals surface area contributed by atoms with E-state index in [1.54, 1.807) is 4.90 Å². The fourth-order valence-electron chi connectivity index (χ4n) is 2.07. The third-order valence-electron chi connectivity index (χ3n) is 2.96. The Hall–Kier alpha value is -1.23. The van der Waals surface area contributed by atoms with E-state index < -0.39 is 5.82 Å². The molecule has 0 aliphatic carbocycles. The van der Waals surface area contributed by atoms with Crippen LogP contribution in [-0.2, 0) is 0 Å². The summed E-state index contributed by atoms with van der Waals surface area (Å²) in [5.41, 5.74) is 6.34. The van der Waals surface area contributed by atoms with E-state index in [0.717, 1.165) is 5.75 Å². The molecule has 98 valence electrons. The maximum atomic E-state index is 13.2. The molecule has 0 spiro atoms. The van der Waals surface area contributed by atoms with E-state index in [4.69, 9.17) is 5.73 Å². The number of nitrogens with two attached hydrogens (primary N) is 1. The fraction of sp³-hybridized carbons (Fsp3) is 0.462. The van der Waals surface area contributed by atoms with Crippen LogP contribution in [0.1, 0.15) is 24.2 Å². The largest absolute Gasteiger partial charge is 0.398 e. The Morgan fingerprint density at radius 2 is 2.22 bits per heavy atom. The van der Waals surface area contributed by atoms with Crippen LogP contribution >= 0.6 is 11.8 Å². The van der Waals surface area contributed by atoms with Crippen molar-refractivity contribution in [2.24, 2.45) is 0 Å². The Balaban J connectivity index is 2.23. The van der Waals surface area contributed by atoms with Gasteiger partial charge in [-0.25, -0.2) is 4.39 Å². The lowest BCUT2D eigenvalue weighted by molar-refractivity contribution is 0.0748. The summed E-state index contributed by atoms with van der Waals surface area (Å²) in [4.78, 5) is 14.1. The Kier molecular flexibility index (Phi) is 3.52. The van der Waals surface area contributed by atoms with Crippen LogP contribution < -0.4 is 5.73 Å². The van der Waals surface area contributed by atoms with Crippen LogP contribution in [0, 0.1) is 5.82 Å². The molecule has 18 heavy (non-hydrogen) atoms. The minimum atomic E-state index is -0.432. The standard InChI is InChI=1S/C13H17FN2OS/c1-13(2)8-16(5-6-18-13)12(17)10-7-9(14)3-4-11(10)15/h3-4,7H,5-6,8,15H2,1-2H3. The van der Waals surface area contributed by atoms with E-state index in [9.17, 15) is 9.18 Å².